The van der Waals surface area contributed by atoms with Crippen molar-refractivity contribution in [3.63, 3.8) is 0 Å². The van der Waals surface area contributed by atoms with E-state index in [1.165, 1.54) is 78.6 Å². The van der Waals surface area contributed by atoms with E-state index in [4.69, 9.17) is 0 Å². The van der Waals surface area contributed by atoms with E-state index < -0.39 is 10.0 Å². The Kier molecular flexibility index (Phi) is 6.82. The highest BCUT2D eigenvalue weighted by Gasteiger charge is 2.51. The third kappa shape index (κ3) is 5.01. The molecule has 1 atom stereocenters. The minimum atomic E-state index is -3.62. The van der Waals surface area contributed by atoms with Crippen LogP contribution < -0.4 is 9.62 Å². The maximum atomic E-state index is 13.2. The van der Waals surface area contributed by atoms with E-state index in [1.54, 1.807) is 0 Å². The van der Waals surface area contributed by atoms with E-state index >= 15 is 0 Å². The van der Waals surface area contributed by atoms with Gasteiger partial charge in [0.2, 0.25) is 15.9 Å². The van der Waals surface area contributed by atoms with Crippen LogP contribution in [0.5, 0.6) is 0 Å². The van der Waals surface area contributed by atoms with E-state index in [0.29, 0.717) is 5.69 Å². The molecule has 1 N–H and O–H groups in total. The quantitative estimate of drug-likeness (QED) is 0.447. The molecule has 4 fully saturated rings. The molecule has 5 aliphatic carbocycles. The van der Waals surface area contributed by atoms with Crippen LogP contribution in [0, 0.1) is 17.8 Å². The summed E-state index contributed by atoms with van der Waals surface area (Å²) in [6.45, 7) is 1.85. The van der Waals surface area contributed by atoms with Gasteiger partial charge in [-0.25, -0.2) is 8.42 Å². The molecule has 0 radical (unpaired) electrons. The number of rotatable bonds is 8. The Labute approximate surface area is 228 Å². The summed E-state index contributed by atoms with van der Waals surface area (Å²) < 4.78 is 26.9. The molecule has 1 unspecified atom stereocenters. The van der Waals surface area contributed by atoms with Gasteiger partial charge in [-0.1, -0.05) is 37.3 Å². The van der Waals surface area contributed by atoms with E-state index in [-0.39, 0.29) is 23.9 Å². The summed E-state index contributed by atoms with van der Waals surface area (Å²) >= 11 is 0. The zero-order valence-corrected chi connectivity index (χ0v) is 23.7. The Bertz CT molecular complexity index is 1270. The van der Waals surface area contributed by atoms with Crippen molar-refractivity contribution in [3.05, 3.63) is 64.7 Å². The minimum absolute atomic E-state index is 0.130. The van der Waals surface area contributed by atoms with Gasteiger partial charge in [0.1, 0.15) is 6.54 Å². The predicted octanol–water partition coefficient (Wildman–Crippen LogP) is 6.07. The van der Waals surface area contributed by atoms with Gasteiger partial charge in [-0.05, 0) is 128 Å². The molecule has 0 spiro atoms. The third-order valence-corrected chi connectivity index (χ3v) is 11.2. The average molecular weight is 535 g/mol. The van der Waals surface area contributed by atoms with E-state index in [1.807, 2.05) is 12.1 Å². The monoisotopic (exact) mass is 534 g/mol. The van der Waals surface area contributed by atoms with Crippen molar-refractivity contribution in [1.29, 1.82) is 0 Å². The van der Waals surface area contributed by atoms with Crippen LogP contribution in [-0.2, 0) is 33.1 Å². The number of carbonyl (C=O) groups excluding carboxylic acids is 1. The minimum Gasteiger partial charge on any atom is -0.348 e. The number of fused-ring (bicyclic) bond motifs is 1. The first-order chi connectivity index (χ1) is 18.2. The molecule has 7 rings (SSSR count). The van der Waals surface area contributed by atoms with Gasteiger partial charge in [0.25, 0.3) is 0 Å². The van der Waals surface area contributed by atoms with Gasteiger partial charge in [0.15, 0.2) is 0 Å². The molecule has 1 amide bonds. The predicted molar refractivity (Wildman–Crippen MR) is 153 cm³/mol. The van der Waals surface area contributed by atoms with Crippen LogP contribution in [0.3, 0.4) is 0 Å². The Morgan fingerprint density at radius 1 is 0.947 bits per heavy atom. The lowest BCUT2D eigenvalue weighted by molar-refractivity contribution is -0.120. The molecule has 0 saturated heterocycles. The standard InChI is InChI=1S/C32H42N2O3S/c1-3-30(27-9-8-25-6-4-5-7-26(25)17-27)33-31(35)21-34(38(2,36)37)29-12-10-28(11-13-29)32-18-22-14-23(19-32)16-24(15-22)20-32/h8-13,17,22-24,30H,3-7,14-16,18-21H2,1-2H3,(H,33,35). The molecule has 2 aromatic carbocycles. The van der Waals surface area contributed by atoms with Crippen LogP contribution in [0.1, 0.15) is 93.0 Å². The second-order valence-electron chi connectivity index (χ2n) is 12.8. The molecule has 0 aliphatic heterocycles. The molecule has 2 aromatic rings. The van der Waals surface area contributed by atoms with Crippen molar-refractivity contribution < 1.29 is 13.2 Å². The Balaban J connectivity index is 1.17. The van der Waals surface area contributed by atoms with Gasteiger partial charge in [-0.2, -0.15) is 0 Å². The molecule has 6 heteroatoms. The van der Waals surface area contributed by atoms with Gasteiger partial charge in [-0.3, -0.25) is 9.10 Å². The van der Waals surface area contributed by atoms with Gasteiger partial charge in [0.05, 0.1) is 18.0 Å². The van der Waals surface area contributed by atoms with Gasteiger partial charge >= 0.3 is 0 Å². The van der Waals surface area contributed by atoms with Crippen LogP contribution >= 0.6 is 0 Å². The first-order valence-electron chi connectivity index (χ1n) is 14.7. The van der Waals surface area contributed by atoms with Crippen molar-refractivity contribution in [2.45, 2.75) is 89.0 Å². The number of anilines is 1. The number of benzene rings is 2. The summed E-state index contributed by atoms with van der Waals surface area (Å²) in [5.74, 6) is 2.31. The highest BCUT2D eigenvalue weighted by Crippen LogP contribution is 2.60. The van der Waals surface area contributed by atoms with E-state index in [9.17, 15) is 13.2 Å². The zero-order chi connectivity index (χ0) is 26.5. The molecule has 5 aliphatic rings. The molecule has 4 bridgehead atoms. The average Bonchev–Trinajstić information content (AvgIpc) is 2.89. The van der Waals surface area contributed by atoms with Crippen LogP contribution in [0.25, 0.3) is 0 Å². The zero-order valence-electron chi connectivity index (χ0n) is 22.9. The highest BCUT2D eigenvalue weighted by molar-refractivity contribution is 7.92. The Hall–Kier alpha value is -2.34. The lowest BCUT2D eigenvalue weighted by Crippen LogP contribution is -2.48. The summed E-state index contributed by atoms with van der Waals surface area (Å²) in [6.07, 6.45) is 14.6. The van der Waals surface area contributed by atoms with Crippen molar-refractivity contribution in [2.24, 2.45) is 17.8 Å². The summed E-state index contributed by atoms with van der Waals surface area (Å²) in [7, 11) is -3.62. The number of nitrogens with one attached hydrogen (secondary N) is 1. The maximum absolute atomic E-state index is 13.2. The molecular weight excluding hydrogens is 492 g/mol. The van der Waals surface area contributed by atoms with Crippen LogP contribution in [0.15, 0.2) is 42.5 Å². The summed E-state index contributed by atoms with van der Waals surface area (Å²) in [6, 6.07) is 14.5. The normalized spacial score (nSPS) is 28.5. The highest BCUT2D eigenvalue weighted by atomic mass is 32.2. The van der Waals surface area contributed by atoms with Crippen molar-refractivity contribution >= 4 is 21.6 Å². The fourth-order valence-electron chi connectivity index (χ4n) is 8.61. The Morgan fingerprint density at radius 3 is 2.13 bits per heavy atom. The maximum Gasteiger partial charge on any atom is 0.241 e. The molecule has 5 nitrogen and oxygen atoms in total. The van der Waals surface area contributed by atoms with Crippen molar-refractivity contribution in [1.82, 2.24) is 5.32 Å². The topological polar surface area (TPSA) is 66.5 Å². The first-order valence-corrected chi connectivity index (χ1v) is 16.6. The van der Waals surface area contributed by atoms with Gasteiger partial charge in [0, 0.05) is 0 Å². The van der Waals surface area contributed by atoms with Gasteiger partial charge in [-0.15, -0.1) is 0 Å². The second kappa shape index (κ2) is 10.0. The largest absolute Gasteiger partial charge is 0.348 e. The molecular formula is C32H42N2O3S. The first kappa shape index (κ1) is 25.9. The molecule has 4 saturated carbocycles. The number of sulfonamides is 1. The second-order valence-corrected chi connectivity index (χ2v) is 14.7. The van der Waals surface area contributed by atoms with Crippen molar-refractivity contribution in [2.75, 3.05) is 17.1 Å². The lowest BCUT2D eigenvalue weighted by Gasteiger charge is -2.57. The van der Waals surface area contributed by atoms with Crippen LogP contribution in [0.4, 0.5) is 5.69 Å². The summed E-state index contributed by atoms with van der Waals surface area (Å²) in [5, 5.41) is 3.12. The Morgan fingerprint density at radius 2 is 1.55 bits per heavy atom. The lowest BCUT2D eigenvalue weighted by atomic mass is 9.48. The number of carbonyl (C=O) groups is 1. The number of hydrogen-bond acceptors (Lipinski definition) is 3. The van der Waals surface area contributed by atoms with E-state index in [0.717, 1.165) is 42.6 Å². The van der Waals surface area contributed by atoms with E-state index in [2.05, 4.69) is 42.6 Å². The summed E-state index contributed by atoms with van der Waals surface area (Å²) in [4.78, 5) is 13.2. The van der Waals surface area contributed by atoms with Crippen LogP contribution in [-0.4, -0.2) is 27.1 Å². The third-order valence-electron chi connectivity index (χ3n) is 10.0. The SMILES string of the molecule is CCC(NC(=O)CN(c1ccc(C23CC4CC(CC(C4)C2)C3)cc1)S(C)(=O)=O)c1ccc2c(c1)CCCC2. The fraction of sp³-hybridized carbons (Fsp3) is 0.594. The number of aryl methyl sites for hydroxylation is 2. The molecule has 204 valence electrons. The number of amides is 1. The smallest absolute Gasteiger partial charge is 0.241 e. The van der Waals surface area contributed by atoms with Gasteiger partial charge < -0.3 is 5.32 Å². The number of nitrogens with zero attached hydrogens (tertiary/aromatic N) is 1. The number of hydrogen-bond donors (Lipinski definition) is 1. The summed E-state index contributed by atoms with van der Waals surface area (Å²) in [5.41, 5.74) is 6.10. The fourth-order valence-corrected chi connectivity index (χ4v) is 9.46. The van der Waals surface area contributed by atoms with Crippen molar-refractivity contribution in [3.8, 4) is 0 Å². The molecule has 0 heterocycles. The molecule has 38 heavy (non-hydrogen) atoms. The van der Waals surface area contributed by atoms with Crippen LogP contribution in [0.2, 0.25) is 0 Å². The molecule has 0 aromatic heterocycles.